The Labute approximate surface area is 593 Å². The number of amides is 5. The first-order valence-electron chi connectivity index (χ1n) is 32.2. The normalized spacial score (nSPS) is 13.0. The fourth-order valence-corrected chi connectivity index (χ4v) is 10.2. The van der Waals surface area contributed by atoms with Gasteiger partial charge in [-0.1, -0.05) is 59.6 Å². The van der Waals surface area contributed by atoms with E-state index in [-0.39, 0.29) is 87.4 Å². The van der Waals surface area contributed by atoms with Crippen LogP contribution in [0.25, 0.3) is 33.4 Å². The summed E-state index contributed by atoms with van der Waals surface area (Å²) in [6.45, 7) is 13.3. The number of primary amides is 1. The van der Waals surface area contributed by atoms with E-state index in [9.17, 15) is 24.0 Å². The Morgan fingerprint density at radius 3 is 1.10 bits per heavy atom. The number of carbonyl (C=O) groups is 5. The first kappa shape index (κ1) is 75.9. The van der Waals surface area contributed by atoms with Crippen LogP contribution in [0.5, 0.6) is 17.2 Å². The lowest BCUT2D eigenvalue weighted by molar-refractivity contribution is -0.119. The van der Waals surface area contributed by atoms with Gasteiger partial charge in [-0.05, 0) is 85.4 Å². The van der Waals surface area contributed by atoms with Crippen molar-refractivity contribution in [2.45, 2.75) is 85.9 Å². The van der Waals surface area contributed by atoms with Crippen molar-refractivity contribution < 1.29 is 52.4 Å². The first-order valence-corrected chi connectivity index (χ1v) is 33.0. The van der Waals surface area contributed by atoms with E-state index in [2.05, 4.69) is 83.1 Å². The van der Waals surface area contributed by atoms with Crippen LogP contribution in [0.3, 0.4) is 0 Å². The average Bonchev–Trinajstić information content (AvgIpc) is 1.53. The molecule has 3 unspecified atom stereocenters. The second-order valence-corrected chi connectivity index (χ2v) is 23.1. The van der Waals surface area contributed by atoms with E-state index in [0.29, 0.717) is 71.2 Å². The van der Waals surface area contributed by atoms with Crippen LogP contribution in [0.4, 0.5) is 39.9 Å². The number of hydrogen-bond acceptors (Lipinski definition) is 23. The molecule has 2 aliphatic carbocycles. The molecule has 9 N–H and O–H groups in total. The molecule has 33 heteroatoms. The molecule has 3 atom stereocenters. The van der Waals surface area contributed by atoms with E-state index >= 15 is 0 Å². The van der Waals surface area contributed by atoms with Crippen LogP contribution in [-0.4, -0.2) is 152 Å². The number of hydrogen-bond donors (Lipinski definition) is 8. The second-order valence-electron chi connectivity index (χ2n) is 22.4. The molecule has 2 fully saturated rings. The summed E-state index contributed by atoms with van der Waals surface area (Å²) >= 11 is 12.0. The number of benzene rings is 3. The van der Waals surface area contributed by atoms with Gasteiger partial charge in [0, 0.05) is 123 Å². The summed E-state index contributed by atoms with van der Waals surface area (Å²) in [6, 6.07) is 21.5. The van der Waals surface area contributed by atoms with Gasteiger partial charge in [0.2, 0.25) is 11.8 Å². The minimum Gasteiger partial charge on any atom is -0.494 e. The summed E-state index contributed by atoms with van der Waals surface area (Å²) in [4.78, 5) is 58.9. The molecular weight excluding hydrogens is 1340 g/mol. The molecule has 31 nitrogen and oxygen atoms in total. The molecule has 6 heterocycles. The fourth-order valence-electron chi connectivity index (χ4n) is 9.94. The Hall–Kier alpha value is -10.9. The third-order valence-corrected chi connectivity index (χ3v) is 15.7. The highest BCUT2D eigenvalue weighted by Gasteiger charge is 2.31. The molecule has 5 amide bonds. The fraction of sp³-hybridized carbons (Fsp3) is 0.353. The van der Waals surface area contributed by atoms with Crippen LogP contribution in [-0.2, 0) is 23.8 Å². The Balaban J connectivity index is 0.000000185. The smallest absolute Gasteiger partial charge is 0.273 e. The van der Waals surface area contributed by atoms with E-state index in [0.717, 1.165) is 59.1 Å². The van der Waals surface area contributed by atoms with Gasteiger partial charge in [-0.2, -0.15) is 15.3 Å². The molecule has 2 aliphatic rings. The zero-order valence-corrected chi connectivity index (χ0v) is 59.4. The largest absolute Gasteiger partial charge is 0.494 e. The lowest BCUT2D eigenvalue weighted by Crippen LogP contribution is -2.22. The van der Waals surface area contributed by atoms with Crippen molar-refractivity contribution in [3.05, 3.63) is 137 Å². The van der Waals surface area contributed by atoms with Gasteiger partial charge < -0.3 is 71.4 Å². The number of carbonyl (C=O) groups excluding carboxylic acids is 5. The third kappa shape index (κ3) is 20.0. The number of nitrogens with two attached hydrogens (primary N) is 1. The van der Waals surface area contributed by atoms with Gasteiger partial charge >= 0.3 is 0 Å². The molecule has 9 aromatic rings. The standard InChI is InChI=1S/C24H29N7O4.2C20H23ClN6O3.C4H7NO/c1-5-35-14(2)31-13-16(12-26-31)17-7-6-8-18(22(17)34-4)27-19-11-20(28-23(32)15-9-10-15)29-30-21(19)24(33)25-3;2*1-5-30-12(2)27-11-13(10-23-27)14-7-6-8-15(19(14)29-4)24-16-9-17(21)25-26-18(16)20(28)22-3;5-4(6)3-1-2-3/h6-8,11-15H,5,9-10H2,1-4H3,(H,25,33)(H2,27,28,29,32);2*6-12H,5H2,1-4H3,(H,22,28)(H,24,25);3H,1-2H2,(H2,5,6). The number of nitrogens with zero attached hydrogens (tertiary/aromatic N) is 12. The van der Waals surface area contributed by atoms with Gasteiger partial charge in [-0.3, -0.25) is 24.0 Å². The van der Waals surface area contributed by atoms with Crippen LogP contribution in [0, 0.1) is 11.8 Å². The Bertz CT molecular complexity index is 4170. The summed E-state index contributed by atoms with van der Waals surface area (Å²) < 4.78 is 39.1. The Kier molecular flexibility index (Phi) is 27.3. The Morgan fingerprint density at radius 1 is 0.485 bits per heavy atom. The van der Waals surface area contributed by atoms with Crippen LogP contribution in [0.1, 0.15) is 117 Å². The van der Waals surface area contributed by atoms with E-state index in [1.54, 1.807) is 60.0 Å². The van der Waals surface area contributed by atoms with Crippen molar-refractivity contribution in [3.8, 4) is 50.6 Å². The minimum atomic E-state index is -0.415. The number of aromatic nitrogens is 12. The van der Waals surface area contributed by atoms with Crippen LogP contribution >= 0.6 is 23.2 Å². The lowest BCUT2D eigenvalue weighted by Gasteiger charge is -2.16. The number of methoxy groups -OCH3 is 3. The molecule has 0 bridgehead atoms. The van der Waals surface area contributed by atoms with Gasteiger partial charge in [-0.15, -0.1) is 30.6 Å². The maximum Gasteiger partial charge on any atom is 0.273 e. The van der Waals surface area contributed by atoms with Crippen molar-refractivity contribution in [1.29, 1.82) is 0 Å². The van der Waals surface area contributed by atoms with Crippen LogP contribution < -0.4 is 57.2 Å². The average molecular weight is 1430 g/mol. The number of nitrogens with one attached hydrogen (secondary N) is 7. The van der Waals surface area contributed by atoms with Crippen molar-refractivity contribution >= 4 is 92.7 Å². The summed E-state index contributed by atoms with van der Waals surface area (Å²) in [5.74, 6) is 0.810. The van der Waals surface area contributed by atoms with Gasteiger partial charge in [0.25, 0.3) is 17.7 Å². The summed E-state index contributed by atoms with van der Waals surface area (Å²) in [7, 11) is 9.28. The molecule has 0 radical (unpaired) electrons. The zero-order valence-electron chi connectivity index (χ0n) is 57.9. The van der Waals surface area contributed by atoms with Gasteiger partial charge in [-0.25, -0.2) is 14.0 Å². The van der Waals surface area contributed by atoms with E-state index in [4.69, 9.17) is 57.4 Å². The van der Waals surface area contributed by atoms with Crippen LogP contribution in [0.2, 0.25) is 10.3 Å². The van der Waals surface area contributed by atoms with Crippen molar-refractivity contribution in [3.63, 3.8) is 0 Å². The topological polar surface area (TPSA) is 382 Å². The first-order chi connectivity index (χ1) is 48.7. The van der Waals surface area contributed by atoms with Gasteiger partial charge in [0.1, 0.15) is 35.9 Å². The molecule has 0 saturated heterocycles. The lowest BCUT2D eigenvalue weighted by atomic mass is 10.1. The highest BCUT2D eigenvalue weighted by atomic mass is 35.5. The molecule has 0 aliphatic heterocycles. The predicted octanol–water partition coefficient (Wildman–Crippen LogP) is 10.6. The molecule has 6 aromatic heterocycles. The third-order valence-electron chi connectivity index (χ3n) is 15.4. The van der Waals surface area contributed by atoms with E-state index < -0.39 is 5.91 Å². The number of para-hydroxylation sites is 3. The van der Waals surface area contributed by atoms with E-state index in [1.807, 2.05) is 115 Å². The van der Waals surface area contributed by atoms with Gasteiger partial charge in [0.15, 0.2) is 33.2 Å². The monoisotopic (exact) mass is 1420 g/mol. The quantitative estimate of drug-likeness (QED) is 0.0237. The molecular formula is C68H82Cl2N20O11. The second kappa shape index (κ2) is 36.3. The molecule has 534 valence electrons. The predicted molar refractivity (Wildman–Crippen MR) is 381 cm³/mol. The summed E-state index contributed by atoms with van der Waals surface area (Å²) in [5, 5.41) is 56.9. The highest BCUT2D eigenvalue weighted by Crippen LogP contribution is 2.42. The van der Waals surface area contributed by atoms with Gasteiger partial charge in [0.05, 0.1) is 74.0 Å². The molecule has 101 heavy (non-hydrogen) atoms. The summed E-state index contributed by atoms with van der Waals surface area (Å²) in [6.07, 6.45) is 14.1. The number of anilines is 7. The molecule has 3 aromatic carbocycles. The molecule has 2 saturated carbocycles. The molecule has 0 spiro atoms. The zero-order chi connectivity index (χ0) is 72.9. The SMILES string of the molecule is CCOC(C)n1cc(-c2cccc(Nc3cc(Cl)nnc3C(=O)NC)c2OC)cn1.CCOC(C)n1cc(-c2cccc(Nc3cc(Cl)nnc3C(=O)NC)c2OC)cn1.CCOC(C)n1cc(-c2cccc(Nc3cc(NC(=O)C4CC4)nnc3C(=O)NC)c2OC)cn1.NC(=O)C1CC1. The number of ether oxygens (including phenoxy) is 6. The summed E-state index contributed by atoms with van der Waals surface area (Å²) in [5.41, 5.74) is 13.3. The molecule has 11 rings (SSSR count). The number of halogens is 2. The maximum atomic E-state index is 12.4. The van der Waals surface area contributed by atoms with Crippen molar-refractivity contribution in [1.82, 2.24) is 75.9 Å². The van der Waals surface area contributed by atoms with Crippen LogP contribution in [0.15, 0.2) is 110 Å². The van der Waals surface area contributed by atoms with Crippen molar-refractivity contribution in [2.75, 3.05) is 83.6 Å². The van der Waals surface area contributed by atoms with Crippen molar-refractivity contribution in [2.24, 2.45) is 17.6 Å². The maximum absolute atomic E-state index is 12.4. The minimum absolute atomic E-state index is 0.00922. The highest BCUT2D eigenvalue weighted by molar-refractivity contribution is 6.30. The number of rotatable bonds is 27. The van der Waals surface area contributed by atoms with E-state index in [1.165, 1.54) is 33.3 Å². The Morgan fingerprint density at radius 2 is 0.812 bits per heavy atom.